The molecule has 0 aliphatic carbocycles. The minimum absolute atomic E-state index is 0.0407. The molecule has 0 unspecified atom stereocenters. The normalized spacial score (nSPS) is 11.5. The maximum atomic E-state index is 11.8. The number of aliphatic hydroxyl groups is 1. The standard InChI is InChI=1S/C20H23N3O3/c1-20(2,3)26-19(25)22-11-14-5-4-6-16(9-14)17-10-15(13-24)12-23-8-7-21-18(17)23/h4-10,12,24H,11,13H2,1-3H3,(H,22,25). The second-order valence-electron chi connectivity index (χ2n) is 7.13. The first-order valence-electron chi connectivity index (χ1n) is 8.48. The highest BCUT2D eigenvalue weighted by atomic mass is 16.6. The van der Waals surface area contributed by atoms with Gasteiger partial charge in [-0.2, -0.15) is 0 Å². The highest BCUT2D eigenvalue weighted by molar-refractivity contribution is 5.78. The van der Waals surface area contributed by atoms with Gasteiger partial charge in [0, 0.05) is 30.7 Å². The number of amides is 1. The van der Waals surface area contributed by atoms with Crippen molar-refractivity contribution >= 4 is 11.7 Å². The Bertz CT molecular complexity index is 925. The number of imidazole rings is 1. The number of aliphatic hydroxyl groups excluding tert-OH is 1. The Morgan fingerprint density at radius 3 is 2.81 bits per heavy atom. The predicted molar refractivity (Wildman–Crippen MR) is 99.6 cm³/mol. The monoisotopic (exact) mass is 353 g/mol. The number of hydrogen-bond acceptors (Lipinski definition) is 4. The van der Waals surface area contributed by atoms with Gasteiger partial charge >= 0.3 is 6.09 Å². The minimum Gasteiger partial charge on any atom is -0.444 e. The van der Waals surface area contributed by atoms with Crippen LogP contribution in [0.3, 0.4) is 0 Å². The van der Waals surface area contributed by atoms with Gasteiger partial charge in [-0.1, -0.05) is 18.2 Å². The largest absolute Gasteiger partial charge is 0.444 e. The number of carbonyl (C=O) groups excluding carboxylic acids is 1. The number of alkyl carbamates (subject to hydrolysis) is 1. The molecule has 0 fully saturated rings. The van der Waals surface area contributed by atoms with Crippen molar-refractivity contribution in [1.29, 1.82) is 0 Å². The summed E-state index contributed by atoms with van der Waals surface area (Å²) in [6.45, 7) is 5.82. The van der Waals surface area contributed by atoms with Crippen LogP contribution in [-0.2, 0) is 17.9 Å². The molecule has 2 aromatic heterocycles. The highest BCUT2D eigenvalue weighted by Crippen LogP contribution is 2.26. The first-order chi connectivity index (χ1) is 12.4. The lowest BCUT2D eigenvalue weighted by atomic mass is 10.0. The van der Waals surface area contributed by atoms with Crippen LogP contribution in [-0.4, -0.2) is 26.2 Å². The van der Waals surface area contributed by atoms with E-state index in [-0.39, 0.29) is 6.61 Å². The molecule has 0 atom stereocenters. The molecule has 0 spiro atoms. The zero-order valence-electron chi connectivity index (χ0n) is 15.2. The van der Waals surface area contributed by atoms with E-state index in [0.717, 1.165) is 27.9 Å². The molecule has 26 heavy (non-hydrogen) atoms. The summed E-state index contributed by atoms with van der Waals surface area (Å²) < 4.78 is 7.16. The number of nitrogens with zero attached hydrogens (tertiary/aromatic N) is 2. The summed E-state index contributed by atoms with van der Waals surface area (Å²) in [7, 11) is 0. The average molecular weight is 353 g/mol. The lowest BCUT2D eigenvalue weighted by Gasteiger charge is -2.19. The van der Waals surface area contributed by atoms with Crippen LogP contribution in [0.4, 0.5) is 4.79 Å². The Hall–Kier alpha value is -2.86. The van der Waals surface area contributed by atoms with Crippen molar-refractivity contribution in [2.24, 2.45) is 0 Å². The van der Waals surface area contributed by atoms with E-state index in [1.807, 2.05) is 67.9 Å². The van der Waals surface area contributed by atoms with Crippen LogP contribution < -0.4 is 5.32 Å². The first-order valence-corrected chi connectivity index (χ1v) is 8.48. The number of benzene rings is 1. The number of fused-ring (bicyclic) bond motifs is 1. The molecule has 2 heterocycles. The van der Waals surface area contributed by atoms with Gasteiger partial charge in [0.15, 0.2) is 0 Å². The molecule has 0 radical (unpaired) electrons. The van der Waals surface area contributed by atoms with Crippen LogP contribution in [0.1, 0.15) is 31.9 Å². The summed E-state index contributed by atoms with van der Waals surface area (Å²) in [6, 6.07) is 9.81. The summed E-state index contributed by atoms with van der Waals surface area (Å²) in [5.41, 5.74) is 3.96. The van der Waals surface area contributed by atoms with Crippen molar-refractivity contribution in [2.45, 2.75) is 39.5 Å². The van der Waals surface area contributed by atoms with Crippen LogP contribution in [0.2, 0.25) is 0 Å². The first kappa shape index (κ1) is 17.9. The zero-order chi connectivity index (χ0) is 18.7. The van der Waals surface area contributed by atoms with Gasteiger partial charge in [0.2, 0.25) is 0 Å². The van der Waals surface area contributed by atoms with Crippen LogP contribution in [0.25, 0.3) is 16.8 Å². The molecule has 6 heteroatoms. The fourth-order valence-corrected chi connectivity index (χ4v) is 2.73. The number of hydrogen-bond donors (Lipinski definition) is 2. The Labute approximate surface area is 152 Å². The lowest BCUT2D eigenvalue weighted by molar-refractivity contribution is 0.0523. The second kappa shape index (κ2) is 7.17. The van der Waals surface area contributed by atoms with Crippen LogP contribution in [0.5, 0.6) is 0 Å². The molecule has 3 aromatic rings. The third-order valence-electron chi connectivity index (χ3n) is 3.80. The van der Waals surface area contributed by atoms with Crippen molar-refractivity contribution in [1.82, 2.24) is 14.7 Å². The summed E-state index contributed by atoms with van der Waals surface area (Å²) in [6.07, 6.45) is 5.00. The van der Waals surface area contributed by atoms with Gasteiger partial charge in [-0.25, -0.2) is 9.78 Å². The number of aromatic nitrogens is 2. The van der Waals surface area contributed by atoms with Gasteiger partial charge in [0.05, 0.1) is 6.61 Å². The molecule has 1 amide bonds. The molecular formula is C20H23N3O3. The molecule has 0 saturated heterocycles. The number of rotatable bonds is 4. The topological polar surface area (TPSA) is 75.9 Å². The fraction of sp³-hybridized carbons (Fsp3) is 0.300. The van der Waals surface area contributed by atoms with Crippen molar-refractivity contribution in [3.63, 3.8) is 0 Å². The SMILES string of the molecule is CC(C)(C)OC(=O)NCc1cccc(-c2cc(CO)cn3ccnc23)c1. The van der Waals surface area contributed by atoms with Crippen molar-refractivity contribution in [3.8, 4) is 11.1 Å². The molecule has 136 valence electrons. The molecular weight excluding hydrogens is 330 g/mol. The molecule has 1 aromatic carbocycles. The Morgan fingerprint density at radius 1 is 1.27 bits per heavy atom. The summed E-state index contributed by atoms with van der Waals surface area (Å²) in [5, 5.41) is 12.3. The van der Waals surface area contributed by atoms with Gasteiger partial charge in [-0.3, -0.25) is 0 Å². The van der Waals surface area contributed by atoms with E-state index in [2.05, 4.69) is 10.3 Å². The third kappa shape index (κ3) is 4.21. The lowest BCUT2D eigenvalue weighted by Crippen LogP contribution is -2.32. The van der Waals surface area contributed by atoms with E-state index in [1.165, 1.54) is 0 Å². The number of nitrogens with one attached hydrogen (secondary N) is 1. The molecule has 0 bridgehead atoms. The average Bonchev–Trinajstić information content (AvgIpc) is 3.06. The quantitative estimate of drug-likeness (QED) is 0.752. The summed E-state index contributed by atoms with van der Waals surface area (Å²) in [4.78, 5) is 16.2. The minimum atomic E-state index is -0.525. The molecule has 0 aliphatic heterocycles. The van der Waals surface area contributed by atoms with Crippen molar-refractivity contribution < 1.29 is 14.6 Å². The predicted octanol–water partition coefficient (Wildman–Crippen LogP) is 3.52. The molecule has 6 nitrogen and oxygen atoms in total. The molecule has 3 rings (SSSR count). The Balaban J connectivity index is 1.84. The fourth-order valence-electron chi connectivity index (χ4n) is 2.73. The van der Waals surface area contributed by atoms with Gasteiger partial charge < -0.3 is 19.6 Å². The van der Waals surface area contributed by atoms with E-state index in [4.69, 9.17) is 4.74 Å². The molecule has 0 saturated carbocycles. The van der Waals surface area contributed by atoms with E-state index in [9.17, 15) is 9.90 Å². The van der Waals surface area contributed by atoms with Crippen molar-refractivity contribution in [2.75, 3.05) is 0 Å². The molecule has 0 aliphatic rings. The summed E-state index contributed by atoms with van der Waals surface area (Å²) in [5.74, 6) is 0. The van der Waals surface area contributed by atoms with E-state index < -0.39 is 11.7 Å². The Kier molecular flexibility index (Phi) is 4.95. The third-order valence-corrected chi connectivity index (χ3v) is 3.80. The number of ether oxygens (including phenoxy) is 1. The zero-order valence-corrected chi connectivity index (χ0v) is 15.2. The van der Waals surface area contributed by atoms with Crippen molar-refractivity contribution in [3.05, 3.63) is 60.0 Å². The van der Waals surface area contributed by atoms with E-state index in [1.54, 1.807) is 6.20 Å². The van der Waals surface area contributed by atoms with Crippen LogP contribution in [0.15, 0.2) is 48.9 Å². The number of carbonyl (C=O) groups is 1. The van der Waals surface area contributed by atoms with Gasteiger partial charge in [0.1, 0.15) is 11.2 Å². The van der Waals surface area contributed by atoms with Gasteiger partial charge in [0.25, 0.3) is 0 Å². The van der Waals surface area contributed by atoms with Crippen LogP contribution in [0, 0.1) is 0 Å². The maximum Gasteiger partial charge on any atom is 0.407 e. The van der Waals surface area contributed by atoms with E-state index in [0.29, 0.717) is 6.54 Å². The van der Waals surface area contributed by atoms with Gasteiger partial charge in [-0.05, 0) is 49.6 Å². The smallest absolute Gasteiger partial charge is 0.407 e. The second-order valence-corrected chi connectivity index (χ2v) is 7.13. The summed E-state index contributed by atoms with van der Waals surface area (Å²) >= 11 is 0. The van der Waals surface area contributed by atoms with E-state index >= 15 is 0 Å². The van der Waals surface area contributed by atoms with Crippen LogP contribution >= 0.6 is 0 Å². The molecule has 2 N–H and O–H groups in total. The highest BCUT2D eigenvalue weighted by Gasteiger charge is 2.16. The Morgan fingerprint density at radius 2 is 2.08 bits per heavy atom. The number of pyridine rings is 1. The maximum absolute atomic E-state index is 11.8. The van der Waals surface area contributed by atoms with Gasteiger partial charge in [-0.15, -0.1) is 0 Å².